The molecule has 0 spiro atoms. The largest absolute Gasteiger partial charge is 0.478 e. The number of allylic oxidation sites excluding steroid dienone is 1. The number of hydrogen-bond donors (Lipinski definition) is 2. The van der Waals surface area contributed by atoms with Gasteiger partial charge in [0.25, 0.3) is 5.69 Å². The van der Waals surface area contributed by atoms with Crippen LogP contribution >= 0.6 is 0 Å². The number of nitrogens with zero attached hydrogens (tertiary/aromatic N) is 3. The van der Waals surface area contributed by atoms with Crippen molar-refractivity contribution in [1.82, 2.24) is 15.1 Å². The lowest BCUT2D eigenvalue weighted by molar-refractivity contribution is -0.384. The molecule has 1 aliphatic heterocycles. The molecule has 0 saturated heterocycles. The fourth-order valence-corrected chi connectivity index (χ4v) is 3.45. The van der Waals surface area contributed by atoms with Gasteiger partial charge in [0.1, 0.15) is 6.04 Å². The summed E-state index contributed by atoms with van der Waals surface area (Å²) >= 11 is 0. The first-order chi connectivity index (χ1) is 14.7. The standard InChI is InChI=1S/C21H20N4O6/c1-13-17(19(26)27)18(15-9-6-10-16(11-15)25(30)31)24(20(28)22-13)21(29)23(2)12-14-7-4-3-5-8-14/h3-11,18H,12H2,1-2H3,(H,22,28)(H,26,27). The first-order valence-corrected chi connectivity index (χ1v) is 9.28. The number of nitro groups is 1. The van der Waals surface area contributed by atoms with E-state index in [4.69, 9.17) is 0 Å². The monoisotopic (exact) mass is 424 g/mol. The molecule has 1 heterocycles. The third-order valence-electron chi connectivity index (χ3n) is 4.87. The van der Waals surface area contributed by atoms with E-state index >= 15 is 0 Å². The van der Waals surface area contributed by atoms with Crippen LogP contribution in [-0.2, 0) is 11.3 Å². The number of imide groups is 1. The number of carbonyl (C=O) groups is 3. The van der Waals surface area contributed by atoms with E-state index in [9.17, 15) is 29.6 Å². The highest BCUT2D eigenvalue weighted by atomic mass is 16.6. The van der Waals surface area contributed by atoms with Crippen LogP contribution in [0.5, 0.6) is 0 Å². The summed E-state index contributed by atoms with van der Waals surface area (Å²) in [4.78, 5) is 50.7. The summed E-state index contributed by atoms with van der Waals surface area (Å²) in [5.74, 6) is -1.35. The van der Waals surface area contributed by atoms with Crippen molar-refractivity contribution in [3.8, 4) is 0 Å². The zero-order valence-corrected chi connectivity index (χ0v) is 16.8. The van der Waals surface area contributed by atoms with Gasteiger partial charge in [-0.3, -0.25) is 10.1 Å². The Balaban J connectivity index is 2.06. The molecule has 4 amide bonds. The number of hydrogen-bond acceptors (Lipinski definition) is 5. The first kappa shape index (κ1) is 21.5. The number of carboxylic acid groups (broad SMARTS) is 1. The Morgan fingerprint density at radius 2 is 1.87 bits per heavy atom. The van der Waals surface area contributed by atoms with Crippen LogP contribution < -0.4 is 5.32 Å². The highest BCUT2D eigenvalue weighted by molar-refractivity contribution is 6.01. The number of urea groups is 2. The minimum atomic E-state index is -1.35. The molecule has 2 aromatic carbocycles. The highest BCUT2D eigenvalue weighted by Gasteiger charge is 2.42. The molecule has 0 aliphatic carbocycles. The van der Waals surface area contributed by atoms with Crippen molar-refractivity contribution in [2.45, 2.75) is 19.5 Å². The van der Waals surface area contributed by atoms with Crippen LogP contribution in [0.4, 0.5) is 15.3 Å². The average Bonchev–Trinajstić information content (AvgIpc) is 2.73. The van der Waals surface area contributed by atoms with Crippen molar-refractivity contribution < 1.29 is 24.4 Å². The van der Waals surface area contributed by atoms with Crippen molar-refractivity contribution in [2.24, 2.45) is 0 Å². The van der Waals surface area contributed by atoms with Gasteiger partial charge in [0.15, 0.2) is 0 Å². The minimum Gasteiger partial charge on any atom is -0.478 e. The van der Waals surface area contributed by atoms with Crippen molar-refractivity contribution in [3.05, 3.63) is 87.1 Å². The molecule has 1 unspecified atom stereocenters. The normalized spacial score (nSPS) is 16.0. The van der Waals surface area contributed by atoms with Gasteiger partial charge in [-0.2, -0.15) is 0 Å². The Bertz CT molecular complexity index is 1080. The second kappa shape index (κ2) is 8.66. The quantitative estimate of drug-likeness (QED) is 0.559. The predicted molar refractivity (Wildman–Crippen MR) is 110 cm³/mol. The van der Waals surface area contributed by atoms with Crippen molar-refractivity contribution in [1.29, 1.82) is 0 Å². The van der Waals surface area contributed by atoms with Gasteiger partial charge in [-0.25, -0.2) is 19.3 Å². The van der Waals surface area contributed by atoms with Crippen LogP contribution in [-0.4, -0.2) is 44.9 Å². The second-order valence-corrected chi connectivity index (χ2v) is 7.02. The van der Waals surface area contributed by atoms with Crippen molar-refractivity contribution in [3.63, 3.8) is 0 Å². The lowest BCUT2D eigenvalue weighted by Gasteiger charge is -2.37. The number of carboxylic acids is 1. The van der Waals surface area contributed by atoms with E-state index in [0.29, 0.717) is 0 Å². The molecule has 0 fully saturated rings. The molecule has 3 rings (SSSR count). The second-order valence-electron chi connectivity index (χ2n) is 7.02. The fraction of sp³-hybridized carbons (Fsp3) is 0.190. The number of aliphatic carboxylic acids is 1. The Kier molecular flexibility index (Phi) is 6.00. The molecule has 2 aromatic rings. The Morgan fingerprint density at radius 3 is 2.48 bits per heavy atom. The topological polar surface area (TPSA) is 133 Å². The fourth-order valence-electron chi connectivity index (χ4n) is 3.45. The molecule has 0 bridgehead atoms. The summed E-state index contributed by atoms with van der Waals surface area (Å²) in [5.41, 5.74) is 0.483. The van der Waals surface area contributed by atoms with E-state index in [-0.39, 0.29) is 29.1 Å². The maximum atomic E-state index is 13.2. The number of non-ortho nitro benzene ring substituents is 1. The van der Waals surface area contributed by atoms with Gasteiger partial charge in [-0.1, -0.05) is 42.5 Å². The molecule has 1 aliphatic rings. The van der Waals surface area contributed by atoms with Gasteiger partial charge in [-0.05, 0) is 18.1 Å². The van der Waals surface area contributed by atoms with E-state index in [1.807, 2.05) is 30.3 Å². The number of rotatable bonds is 5. The van der Waals surface area contributed by atoms with Crippen LogP contribution in [0.1, 0.15) is 24.1 Å². The number of carbonyl (C=O) groups excluding carboxylic acids is 2. The predicted octanol–water partition coefficient (Wildman–Crippen LogP) is 3.27. The van der Waals surface area contributed by atoms with Gasteiger partial charge in [0, 0.05) is 31.4 Å². The summed E-state index contributed by atoms with van der Waals surface area (Å²) in [6, 6.07) is 11.4. The lowest BCUT2D eigenvalue weighted by Crippen LogP contribution is -2.54. The average molecular weight is 424 g/mol. The van der Waals surface area contributed by atoms with E-state index in [1.54, 1.807) is 0 Å². The lowest BCUT2D eigenvalue weighted by atomic mass is 9.93. The Hall–Kier alpha value is -4.21. The number of amides is 4. The van der Waals surface area contributed by atoms with Crippen molar-refractivity contribution in [2.75, 3.05) is 7.05 Å². The molecule has 2 N–H and O–H groups in total. The maximum Gasteiger partial charge on any atom is 0.335 e. The van der Waals surface area contributed by atoms with E-state index in [1.165, 1.54) is 37.1 Å². The van der Waals surface area contributed by atoms with Crippen LogP contribution in [0.2, 0.25) is 0 Å². The molecule has 1 atom stereocenters. The van der Waals surface area contributed by atoms with Gasteiger partial charge in [0.2, 0.25) is 0 Å². The molecule has 10 nitrogen and oxygen atoms in total. The Morgan fingerprint density at radius 1 is 1.19 bits per heavy atom. The summed E-state index contributed by atoms with van der Waals surface area (Å²) < 4.78 is 0. The third-order valence-corrected chi connectivity index (χ3v) is 4.87. The summed E-state index contributed by atoms with van der Waals surface area (Å²) in [6.07, 6.45) is 0. The SMILES string of the molecule is CC1=C(C(=O)O)C(c2cccc([N+](=O)[O-])c2)N(C(=O)N(C)Cc2ccccc2)C(=O)N1. The summed E-state index contributed by atoms with van der Waals surface area (Å²) in [5, 5.41) is 23.4. The van der Waals surface area contributed by atoms with Crippen molar-refractivity contribution >= 4 is 23.7 Å². The van der Waals surface area contributed by atoms with Gasteiger partial charge >= 0.3 is 18.0 Å². The Labute approximate surface area is 177 Å². The van der Waals surface area contributed by atoms with Crippen LogP contribution in [0.15, 0.2) is 65.9 Å². The number of nitrogens with one attached hydrogen (secondary N) is 1. The van der Waals surface area contributed by atoms with E-state index < -0.39 is 29.0 Å². The zero-order chi connectivity index (χ0) is 22.7. The van der Waals surface area contributed by atoms with E-state index in [0.717, 1.165) is 16.5 Å². The van der Waals surface area contributed by atoms with Gasteiger partial charge in [0.05, 0.1) is 10.5 Å². The molecular formula is C21H20N4O6. The molecule has 160 valence electrons. The molecule has 0 radical (unpaired) electrons. The molecule has 0 saturated carbocycles. The molecule has 31 heavy (non-hydrogen) atoms. The number of nitro benzene ring substituents is 1. The number of benzene rings is 2. The zero-order valence-electron chi connectivity index (χ0n) is 16.8. The first-order valence-electron chi connectivity index (χ1n) is 9.28. The van der Waals surface area contributed by atoms with Crippen LogP contribution in [0.25, 0.3) is 0 Å². The van der Waals surface area contributed by atoms with Crippen LogP contribution in [0.3, 0.4) is 0 Å². The van der Waals surface area contributed by atoms with Gasteiger partial charge < -0.3 is 15.3 Å². The third kappa shape index (κ3) is 4.37. The van der Waals surface area contributed by atoms with E-state index in [2.05, 4.69) is 5.32 Å². The minimum absolute atomic E-state index is 0.0590. The summed E-state index contributed by atoms with van der Waals surface area (Å²) in [7, 11) is 1.48. The van der Waals surface area contributed by atoms with Crippen LogP contribution in [0, 0.1) is 10.1 Å². The smallest absolute Gasteiger partial charge is 0.335 e. The molecular weight excluding hydrogens is 404 g/mol. The molecule has 10 heteroatoms. The maximum absolute atomic E-state index is 13.2. The summed E-state index contributed by atoms with van der Waals surface area (Å²) in [6.45, 7) is 1.58. The van der Waals surface area contributed by atoms with Gasteiger partial charge in [-0.15, -0.1) is 0 Å². The highest BCUT2D eigenvalue weighted by Crippen LogP contribution is 2.35. The molecule has 0 aromatic heterocycles.